The number of imidazole rings is 1. The number of halogens is 1. The van der Waals surface area contributed by atoms with Crippen LogP contribution in [0.15, 0.2) is 68.7 Å². The summed E-state index contributed by atoms with van der Waals surface area (Å²) in [5, 5.41) is 0. The second-order valence-corrected chi connectivity index (χ2v) is 10.5. The zero-order chi connectivity index (χ0) is 23.4. The number of aromatic nitrogens is 4. The molecule has 0 saturated carbocycles. The molecule has 0 atom stereocenters. The van der Waals surface area contributed by atoms with Crippen LogP contribution in [-0.2, 0) is 25.3 Å². The van der Waals surface area contributed by atoms with Gasteiger partial charge in [0.25, 0.3) is 5.56 Å². The number of rotatable bonds is 9. The fraction of sp³-hybridized carbons (Fsp3) is 0.320. The Kier molecular flexibility index (Phi) is 7.55. The third-order valence-corrected chi connectivity index (χ3v) is 6.85. The molecule has 2 aromatic carbocycles. The van der Waals surface area contributed by atoms with Gasteiger partial charge in [0.2, 0.25) is 0 Å². The van der Waals surface area contributed by atoms with Gasteiger partial charge in [0.1, 0.15) is 11.3 Å². The molecule has 172 valence electrons. The molecule has 0 bridgehead atoms. The highest BCUT2D eigenvalue weighted by atomic mass is 79.9. The van der Waals surface area contributed by atoms with Crippen molar-refractivity contribution < 1.29 is 0 Å². The number of thioether (sulfide) groups is 1. The fourth-order valence-electron chi connectivity index (χ4n) is 3.74. The molecule has 4 aromatic rings. The minimum absolute atomic E-state index is 0.246. The summed E-state index contributed by atoms with van der Waals surface area (Å²) in [5.41, 5.74) is 2.56. The van der Waals surface area contributed by atoms with Crippen LogP contribution < -0.4 is 11.2 Å². The first-order valence-corrected chi connectivity index (χ1v) is 13.0. The van der Waals surface area contributed by atoms with Crippen molar-refractivity contribution in [2.75, 3.05) is 5.75 Å². The molecular weight excluding hydrogens is 500 g/mol. The maximum absolute atomic E-state index is 13.3. The number of nitrogens with one attached hydrogen (secondary N) is 1. The van der Waals surface area contributed by atoms with Crippen LogP contribution in [0, 0.1) is 5.92 Å². The zero-order valence-corrected chi connectivity index (χ0v) is 21.2. The quantitative estimate of drug-likeness (QED) is 0.317. The van der Waals surface area contributed by atoms with E-state index in [1.807, 2.05) is 42.5 Å². The Morgan fingerprint density at radius 2 is 1.73 bits per heavy atom. The number of aromatic amines is 1. The van der Waals surface area contributed by atoms with E-state index in [2.05, 4.69) is 51.9 Å². The predicted octanol–water partition coefficient (Wildman–Crippen LogP) is 4.83. The normalized spacial score (nSPS) is 11.5. The van der Waals surface area contributed by atoms with E-state index >= 15 is 0 Å². The molecule has 0 radical (unpaired) electrons. The molecule has 0 unspecified atom stereocenters. The van der Waals surface area contributed by atoms with E-state index in [0.29, 0.717) is 42.3 Å². The monoisotopic (exact) mass is 526 g/mol. The maximum Gasteiger partial charge on any atom is 0.332 e. The lowest BCUT2D eigenvalue weighted by Gasteiger charge is -2.13. The van der Waals surface area contributed by atoms with Crippen LogP contribution in [0.5, 0.6) is 0 Å². The standard InChI is InChI=1S/C25H27BrN4O2S/c1-17(2)15-30-23-22(27-21(28-23)14-18-8-10-20(26)11-9-18)24(31)29(25(30)32)12-13-33-16-19-6-4-3-5-7-19/h3-11,17H,12-16H2,1-2H3,(H,27,28). The van der Waals surface area contributed by atoms with Crippen LogP contribution >= 0.6 is 27.7 Å². The van der Waals surface area contributed by atoms with Crippen molar-refractivity contribution in [3.05, 3.63) is 96.9 Å². The van der Waals surface area contributed by atoms with Gasteiger partial charge in [-0.05, 0) is 29.2 Å². The maximum atomic E-state index is 13.3. The smallest absolute Gasteiger partial charge is 0.332 e. The van der Waals surface area contributed by atoms with E-state index in [9.17, 15) is 9.59 Å². The molecule has 0 amide bonds. The number of nitrogens with zero attached hydrogens (tertiary/aromatic N) is 3. The Hall–Kier alpha value is -2.58. The van der Waals surface area contributed by atoms with Gasteiger partial charge in [0.15, 0.2) is 5.65 Å². The third-order valence-electron chi connectivity index (χ3n) is 5.31. The van der Waals surface area contributed by atoms with Gasteiger partial charge in [-0.3, -0.25) is 13.9 Å². The van der Waals surface area contributed by atoms with Crippen LogP contribution in [0.25, 0.3) is 11.2 Å². The van der Waals surface area contributed by atoms with Crippen molar-refractivity contribution in [3.8, 4) is 0 Å². The summed E-state index contributed by atoms with van der Waals surface area (Å²) in [6, 6.07) is 18.2. The first kappa shape index (κ1) is 23.6. The molecule has 0 aliphatic rings. The average molecular weight is 527 g/mol. The minimum Gasteiger partial charge on any atom is -0.336 e. The van der Waals surface area contributed by atoms with Gasteiger partial charge < -0.3 is 4.98 Å². The molecule has 2 heterocycles. The van der Waals surface area contributed by atoms with Crippen LogP contribution in [0.2, 0.25) is 0 Å². The second-order valence-electron chi connectivity index (χ2n) is 8.47. The summed E-state index contributed by atoms with van der Waals surface area (Å²) < 4.78 is 4.00. The van der Waals surface area contributed by atoms with Crippen LogP contribution in [0.3, 0.4) is 0 Å². The zero-order valence-electron chi connectivity index (χ0n) is 18.8. The fourth-order valence-corrected chi connectivity index (χ4v) is 4.89. The summed E-state index contributed by atoms with van der Waals surface area (Å²) in [6.07, 6.45) is 0.560. The van der Waals surface area contributed by atoms with E-state index < -0.39 is 0 Å². The first-order valence-electron chi connectivity index (χ1n) is 11.0. The van der Waals surface area contributed by atoms with Crippen molar-refractivity contribution in [1.29, 1.82) is 0 Å². The largest absolute Gasteiger partial charge is 0.336 e. The molecule has 6 nitrogen and oxygen atoms in total. The van der Waals surface area contributed by atoms with E-state index in [1.165, 1.54) is 10.1 Å². The van der Waals surface area contributed by atoms with Gasteiger partial charge in [-0.1, -0.05) is 72.2 Å². The van der Waals surface area contributed by atoms with Gasteiger partial charge in [-0.2, -0.15) is 11.8 Å². The lowest BCUT2D eigenvalue weighted by atomic mass is 10.1. The molecule has 0 fully saturated rings. The van der Waals surface area contributed by atoms with Gasteiger partial charge in [0.05, 0.1) is 0 Å². The SMILES string of the molecule is CC(C)Cn1c(=O)n(CCSCc2ccccc2)c(=O)c2[nH]c(Cc3ccc(Br)cc3)nc21. The van der Waals surface area contributed by atoms with E-state index in [-0.39, 0.29) is 17.2 Å². The van der Waals surface area contributed by atoms with Crippen molar-refractivity contribution in [3.63, 3.8) is 0 Å². The Balaban J connectivity index is 1.62. The van der Waals surface area contributed by atoms with Gasteiger partial charge in [-0.15, -0.1) is 0 Å². The highest BCUT2D eigenvalue weighted by molar-refractivity contribution is 9.10. The van der Waals surface area contributed by atoms with Crippen LogP contribution in [0.4, 0.5) is 0 Å². The first-order chi connectivity index (χ1) is 15.9. The molecule has 4 rings (SSSR count). The van der Waals surface area contributed by atoms with Crippen molar-refractivity contribution in [2.45, 2.75) is 39.1 Å². The van der Waals surface area contributed by atoms with Crippen molar-refractivity contribution in [1.82, 2.24) is 19.1 Å². The summed E-state index contributed by atoms with van der Waals surface area (Å²) in [4.78, 5) is 34.4. The van der Waals surface area contributed by atoms with Crippen LogP contribution in [0.1, 0.15) is 30.8 Å². The lowest BCUT2D eigenvalue weighted by Crippen LogP contribution is -2.41. The van der Waals surface area contributed by atoms with Gasteiger partial charge in [0, 0.05) is 35.5 Å². The lowest BCUT2D eigenvalue weighted by molar-refractivity contribution is 0.492. The predicted molar refractivity (Wildman–Crippen MR) is 139 cm³/mol. The highest BCUT2D eigenvalue weighted by Crippen LogP contribution is 2.16. The third kappa shape index (κ3) is 5.68. The highest BCUT2D eigenvalue weighted by Gasteiger charge is 2.18. The Labute approximate surface area is 205 Å². The van der Waals surface area contributed by atoms with E-state index in [1.54, 1.807) is 16.3 Å². The topological polar surface area (TPSA) is 72.7 Å². The Morgan fingerprint density at radius 3 is 2.42 bits per heavy atom. The summed E-state index contributed by atoms with van der Waals surface area (Å²) in [6.45, 7) is 4.98. The number of benzene rings is 2. The number of hydrogen-bond donors (Lipinski definition) is 1. The Morgan fingerprint density at radius 1 is 1.00 bits per heavy atom. The second kappa shape index (κ2) is 10.6. The Bertz CT molecular complexity index is 1340. The number of fused-ring (bicyclic) bond motifs is 1. The minimum atomic E-state index is -0.301. The number of H-pyrrole nitrogens is 1. The summed E-state index contributed by atoms with van der Waals surface area (Å²) in [5.74, 6) is 2.45. The van der Waals surface area contributed by atoms with Crippen LogP contribution in [-0.4, -0.2) is 24.9 Å². The van der Waals surface area contributed by atoms with Crippen molar-refractivity contribution >= 4 is 38.9 Å². The number of hydrogen-bond acceptors (Lipinski definition) is 4. The molecular formula is C25H27BrN4O2S. The van der Waals surface area contributed by atoms with Gasteiger partial charge >= 0.3 is 5.69 Å². The molecule has 0 saturated heterocycles. The molecule has 0 aliphatic heterocycles. The van der Waals surface area contributed by atoms with E-state index in [4.69, 9.17) is 0 Å². The molecule has 0 spiro atoms. The average Bonchev–Trinajstić information content (AvgIpc) is 3.22. The van der Waals surface area contributed by atoms with Gasteiger partial charge in [-0.25, -0.2) is 9.78 Å². The molecule has 2 aromatic heterocycles. The molecule has 8 heteroatoms. The molecule has 1 N–H and O–H groups in total. The summed E-state index contributed by atoms with van der Waals surface area (Å²) >= 11 is 5.16. The summed E-state index contributed by atoms with van der Waals surface area (Å²) in [7, 11) is 0. The molecule has 33 heavy (non-hydrogen) atoms. The van der Waals surface area contributed by atoms with Crippen molar-refractivity contribution in [2.24, 2.45) is 5.92 Å². The molecule has 0 aliphatic carbocycles. The van der Waals surface area contributed by atoms with E-state index in [0.717, 1.165) is 15.8 Å².